The zero-order chi connectivity index (χ0) is 25.4. The van der Waals surface area contributed by atoms with E-state index in [-0.39, 0.29) is 42.0 Å². The second-order valence-corrected chi connectivity index (χ2v) is 7.94. The van der Waals surface area contributed by atoms with Crippen molar-refractivity contribution in [2.45, 2.75) is 20.0 Å². The average Bonchev–Trinajstić information content (AvgIpc) is 2.81. The van der Waals surface area contributed by atoms with Crippen LogP contribution in [0.1, 0.15) is 18.9 Å². The molecule has 1 aliphatic rings. The van der Waals surface area contributed by atoms with Gasteiger partial charge in [-0.3, -0.25) is 15.4 Å². The van der Waals surface area contributed by atoms with E-state index in [1.54, 1.807) is 37.3 Å². The van der Waals surface area contributed by atoms with Crippen LogP contribution >= 0.6 is 23.2 Å². The van der Waals surface area contributed by atoms with Gasteiger partial charge in [-0.2, -0.15) is 5.26 Å². The second-order valence-electron chi connectivity index (χ2n) is 7.12. The highest BCUT2D eigenvalue weighted by molar-refractivity contribution is 6.37. The number of ether oxygens (including phenoxy) is 3. The fourth-order valence-corrected chi connectivity index (χ4v) is 3.57. The Morgan fingerprint density at radius 1 is 1.26 bits per heavy atom. The Morgan fingerprint density at radius 2 is 2.00 bits per heavy atom. The molecule has 1 heterocycles. The standard InChI is InChI=1S/C22H21Cl2N5O6/c1-2-33-22(32)28-20(30)12(10-25)5-6-26-29-14-8-16(23)19(17(24)9-14)35-15-3-4-18-13(7-15)11-34-21(31)27-18/h3-4,7-9,12,26,29H,2,5-6,11H2,1H3,(H,27,31)(H,28,30,32). The highest BCUT2D eigenvalue weighted by Gasteiger charge is 2.21. The number of hydrogen-bond acceptors (Lipinski definition) is 9. The number of rotatable bonds is 9. The maximum atomic E-state index is 11.9. The third-order valence-electron chi connectivity index (χ3n) is 4.65. The van der Waals surface area contributed by atoms with Crippen LogP contribution in [-0.2, 0) is 20.9 Å². The lowest BCUT2D eigenvalue weighted by molar-refractivity contribution is -0.122. The van der Waals surface area contributed by atoms with Crippen LogP contribution in [0.15, 0.2) is 30.3 Å². The summed E-state index contributed by atoms with van der Waals surface area (Å²) in [6.07, 6.45) is -1.29. The lowest BCUT2D eigenvalue weighted by Crippen LogP contribution is -2.37. The number of nitrogens with one attached hydrogen (secondary N) is 4. The number of nitriles is 1. The molecule has 1 aliphatic heterocycles. The van der Waals surface area contributed by atoms with Gasteiger partial charge < -0.3 is 19.6 Å². The van der Waals surface area contributed by atoms with Gasteiger partial charge in [0.05, 0.1) is 34.1 Å². The Labute approximate surface area is 210 Å². The molecule has 0 saturated heterocycles. The number of imide groups is 1. The number of amides is 3. The summed E-state index contributed by atoms with van der Waals surface area (Å²) >= 11 is 12.7. The van der Waals surface area contributed by atoms with Crippen molar-refractivity contribution in [2.75, 3.05) is 23.9 Å². The van der Waals surface area contributed by atoms with Crippen LogP contribution < -0.4 is 26.2 Å². The molecule has 3 amide bonds. The van der Waals surface area contributed by atoms with Gasteiger partial charge in [0.15, 0.2) is 5.75 Å². The largest absolute Gasteiger partial charge is 0.454 e. The Bertz CT molecular complexity index is 1150. The third-order valence-corrected chi connectivity index (χ3v) is 5.22. The summed E-state index contributed by atoms with van der Waals surface area (Å²) in [6.45, 7) is 2.05. The molecule has 13 heteroatoms. The van der Waals surface area contributed by atoms with E-state index in [1.807, 2.05) is 11.4 Å². The number of benzene rings is 2. The van der Waals surface area contributed by atoms with Crippen molar-refractivity contribution in [2.24, 2.45) is 5.92 Å². The first kappa shape index (κ1) is 25.9. The Kier molecular flexibility index (Phi) is 8.97. The zero-order valence-electron chi connectivity index (χ0n) is 18.4. The SMILES string of the molecule is CCOC(=O)NC(=O)C(C#N)CCNNc1cc(Cl)c(Oc2ccc3c(c2)COC(=O)N3)c(Cl)c1. The number of hydrogen-bond donors (Lipinski definition) is 4. The molecule has 1 unspecified atom stereocenters. The van der Waals surface area contributed by atoms with Crippen LogP contribution in [0.3, 0.4) is 0 Å². The van der Waals surface area contributed by atoms with Crippen molar-refractivity contribution >= 4 is 52.7 Å². The summed E-state index contributed by atoms with van der Waals surface area (Å²) in [5.74, 6) is -1.10. The molecular formula is C22H21Cl2N5O6. The molecular weight excluding hydrogens is 501 g/mol. The predicted octanol–water partition coefficient (Wildman–Crippen LogP) is 4.57. The van der Waals surface area contributed by atoms with Gasteiger partial charge in [0.2, 0.25) is 5.91 Å². The molecule has 11 nitrogen and oxygen atoms in total. The van der Waals surface area contributed by atoms with Crippen molar-refractivity contribution in [3.63, 3.8) is 0 Å². The first-order chi connectivity index (χ1) is 16.8. The summed E-state index contributed by atoms with van der Waals surface area (Å²) in [4.78, 5) is 34.6. The van der Waals surface area contributed by atoms with Crippen molar-refractivity contribution in [3.8, 4) is 17.6 Å². The number of anilines is 2. The minimum Gasteiger partial charge on any atom is -0.454 e. The molecule has 0 fully saturated rings. The number of hydrazine groups is 1. The fourth-order valence-electron chi connectivity index (χ4n) is 3.00. The fraction of sp³-hybridized carbons (Fsp3) is 0.273. The van der Waals surface area contributed by atoms with E-state index < -0.39 is 24.0 Å². The lowest BCUT2D eigenvalue weighted by atomic mass is 10.1. The molecule has 0 radical (unpaired) electrons. The van der Waals surface area contributed by atoms with Gasteiger partial charge in [-0.15, -0.1) is 0 Å². The zero-order valence-corrected chi connectivity index (χ0v) is 20.0. The van der Waals surface area contributed by atoms with Crippen LogP contribution in [-0.4, -0.2) is 31.2 Å². The molecule has 2 aromatic rings. The van der Waals surface area contributed by atoms with Crippen molar-refractivity contribution < 1.29 is 28.6 Å². The third kappa shape index (κ3) is 7.13. The molecule has 0 saturated carbocycles. The summed E-state index contributed by atoms with van der Waals surface area (Å²) in [5.41, 5.74) is 7.62. The lowest BCUT2D eigenvalue weighted by Gasteiger charge is -2.19. The molecule has 3 rings (SSSR count). The molecule has 4 N–H and O–H groups in total. The van der Waals surface area contributed by atoms with E-state index in [1.165, 1.54) is 0 Å². The number of alkyl carbamates (subject to hydrolysis) is 1. The number of nitrogens with zero attached hydrogens (tertiary/aromatic N) is 1. The molecule has 2 aromatic carbocycles. The van der Waals surface area contributed by atoms with Crippen molar-refractivity contribution in [1.82, 2.24) is 10.7 Å². The van der Waals surface area contributed by atoms with Crippen LogP contribution in [0.25, 0.3) is 0 Å². The van der Waals surface area contributed by atoms with Crippen molar-refractivity contribution in [1.29, 1.82) is 5.26 Å². The normalized spacial score (nSPS) is 12.8. The first-order valence-corrected chi connectivity index (χ1v) is 11.2. The molecule has 35 heavy (non-hydrogen) atoms. The minimum absolute atomic E-state index is 0.110. The summed E-state index contributed by atoms with van der Waals surface area (Å²) in [7, 11) is 0. The molecule has 0 spiro atoms. The van der Waals surface area contributed by atoms with E-state index in [0.29, 0.717) is 17.1 Å². The Balaban J connectivity index is 1.54. The minimum atomic E-state index is -1.05. The summed E-state index contributed by atoms with van der Waals surface area (Å²) < 4.78 is 15.4. The summed E-state index contributed by atoms with van der Waals surface area (Å²) in [6, 6.07) is 10.1. The number of carbonyl (C=O) groups excluding carboxylic acids is 3. The Morgan fingerprint density at radius 3 is 2.69 bits per heavy atom. The maximum Gasteiger partial charge on any atom is 0.413 e. The van der Waals surface area contributed by atoms with E-state index in [2.05, 4.69) is 20.9 Å². The predicted molar refractivity (Wildman–Crippen MR) is 127 cm³/mol. The molecule has 184 valence electrons. The maximum absolute atomic E-state index is 11.9. The van der Waals surface area contributed by atoms with Crippen molar-refractivity contribution in [3.05, 3.63) is 45.9 Å². The van der Waals surface area contributed by atoms with Gasteiger partial charge in [0.1, 0.15) is 18.3 Å². The quantitative estimate of drug-likeness (QED) is 0.274. The molecule has 0 aliphatic carbocycles. The van der Waals surface area contributed by atoms with E-state index in [0.717, 1.165) is 5.56 Å². The number of cyclic esters (lactones) is 1. The number of halogens is 2. The van der Waals surface area contributed by atoms with Crippen LogP contribution in [0.5, 0.6) is 11.5 Å². The summed E-state index contributed by atoms with van der Waals surface area (Å²) in [5, 5.41) is 14.2. The Hall–Kier alpha value is -3.72. The topological polar surface area (TPSA) is 151 Å². The van der Waals surface area contributed by atoms with E-state index in [4.69, 9.17) is 32.7 Å². The highest BCUT2D eigenvalue weighted by Crippen LogP contribution is 2.39. The number of carbonyl (C=O) groups is 3. The number of fused-ring (bicyclic) bond motifs is 1. The van der Waals surface area contributed by atoms with Crippen LogP contribution in [0, 0.1) is 17.2 Å². The van der Waals surface area contributed by atoms with Crippen LogP contribution in [0.2, 0.25) is 10.0 Å². The van der Waals surface area contributed by atoms with Gasteiger partial charge in [-0.1, -0.05) is 23.2 Å². The van der Waals surface area contributed by atoms with E-state index >= 15 is 0 Å². The van der Waals surface area contributed by atoms with Gasteiger partial charge in [0, 0.05) is 12.1 Å². The highest BCUT2D eigenvalue weighted by atomic mass is 35.5. The first-order valence-electron chi connectivity index (χ1n) is 10.4. The van der Waals surface area contributed by atoms with E-state index in [9.17, 15) is 19.6 Å². The molecule has 1 atom stereocenters. The monoisotopic (exact) mass is 521 g/mol. The van der Waals surface area contributed by atoms with Gasteiger partial charge in [0.25, 0.3) is 0 Å². The van der Waals surface area contributed by atoms with Gasteiger partial charge in [-0.05, 0) is 43.7 Å². The van der Waals surface area contributed by atoms with Crippen LogP contribution in [0.4, 0.5) is 21.0 Å². The average molecular weight is 522 g/mol. The molecule has 0 aromatic heterocycles. The molecule has 0 bridgehead atoms. The smallest absolute Gasteiger partial charge is 0.413 e. The van der Waals surface area contributed by atoms with Gasteiger partial charge >= 0.3 is 12.2 Å². The second kappa shape index (κ2) is 12.1. The van der Waals surface area contributed by atoms with Gasteiger partial charge in [-0.25, -0.2) is 15.0 Å².